The molecule has 1 N–H and O–H groups in total. The van der Waals surface area contributed by atoms with Crippen LogP contribution in [0.1, 0.15) is 0 Å². The number of carboxylic acids is 1. The summed E-state index contributed by atoms with van der Waals surface area (Å²) in [4.78, 5) is 12.2. The van der Waals surface area contributed by atoms with Gasteiger partial charge in [0.15, 0.2) is 0 Å². The van der Waals surface area contributed by atoms with Crippen LogP contribution < -0.4 is 4.90 Å². The molecule has 4 heteroatoms. The number of anilines is 1. The van der Waals surface area contributed by atoms with E-state index < -0.39 is 5.97 Å². The van der Waals surface area contributed by atoms with Crippen LogP contribution in [0.5, 0.6) is 0 Å². The topological polar surface area (TPSA) is 40.5 Å². The summed E-state index contributed by atoms with van der Waals surface area (Å²) in [7, 11) is 0. The second kappa shape index (κ2) is 5.28. The molecule has 0 unspecified atom stereocenters. The number of carbonyl (C=O) groups is 1. The monoisotopic (exact) mass is 223 g/mol. The molecule has 0 saturated carbocycles. The zero-order valence-corrected chi connectivity index (χ0v) is 8.74. The minimum absolute atomic E-state index is 0.119. The van der Waals surface area contributed by atoms with Gasteiger partial charge >= 0.3 is 5.97 Å². The van der Waals surface area contributed by atoms with Crippen molar-refractivity contribution < 1.29 is 9.90 Å². The van der Waals surface area contributed by atoms with Gasteiger partial charge in [-0.25, -0.2) is 0 Å². The molecule has 0 aliphatic carbocycles. The molecule has 0 heterocycles. The summed E-state index contributed by atoms with van der Waals surface area (Å²) in [5.74, 6) is 1.50. The first kappa shape index (κ1) is 11.4. The first-order valence-corrected chi connectivity index (χ1v) is 4.67. The molecule has 78 valence electrons. The van der Waals surface area contributed by atoms with Crippen LogP contribution in [0.25, 0.3) is 0 Å². The van der Waals surface area contributed by atoms with Gasteiger partial charge in [-0.15, -0.1) is 6.42 Å². The fraction of sp³-hybridized carbons (Fsp3) is 0.182. The van der Waals surface area contributed by atoms with Crippen molar-refractivity contribution in [1.29, 1.82) is 0 Å². The van der Waals surface area contributed by atoms with Crippen LogP contribution in [-0.2, 0) is 4.79 Å². The van der Waals surface area contributed by atoms with Crippen LogP contribution >= 0.6 is 11.6 Å². The number of nitrogens with zero attached hydrogens (tertiary/aromatic N) is 1. The summed E-state index contributed by atoms with van der Waals surface area (Å²) in [6, 6.07) is 6.87. The van der Waals surface area contributed by atoms with Crippen LogP contribution in [0.3, 0.4) is 0 Å². The summed E-state index contributed by atoms with van der Waals surface area (Å²) >= 11 is 5.72. The van der Waals surface area contributed by atoms with Gasteiger partial charge in [0.1, 0.15) is 6.54 Å². The number of hydrogen-bond acceptors (Lipinski definition) is 2. The molecular formula is C11H10ClNO2. The third-order valence-electron chi connectivity index (χ3n) is 1.80. The number of terminal acetylenes is 1. The van der Waals surface area contributed by atoms with Crippen molar-refractivity contribution in [2.45, 2.75) is 0 Å². The third-order valence-corrected chi connectivity index (χ3v) is 2.05. The molecule has 0 bridgehead atoms. The van der Waals surface area contributed by atoms with Crippen molar-refractivity contribution in [3.8, 4) is 12.3 Å². The van der Waals surface area contributed by atoms with Gasteiger partial charge in [0.05, 0.1) is 6.54 Å². The quantitative estimate of drug-likeness (QED) is 0.793. The third kappa shape index (κ3) is 3.53. The number of benzene rings is 1. The first-order valence-electron chi connectivity index (χ1n) is 4.29. The molecule has 0 fully saturated rings. The van der Waals surface area contributed by atoms with E-state index in [2.05, 4.69) is 5.92 Å². The van der Waals surface area contributed by atoms with Crippen molar-refractivity contribution in [2.75, 3.05) is 18.0 Å². The Morgan fingerprint density at radius 3 is 2.53 bits per heavy atom. The van der Waals surface area contributed by atoms with Gasteiger partial charge in [-0.3, -0.25) is 4.79 Å². The lowest BCUT2D eigenvalue weighted by Gasteiger charge is -2.19. The molecular weight excluding hydrogens is 214 g/mol. The van der Waals surface area contributed by atoms with Gasteiger partial charge in [0.2, 0.25) is 0 Å². The SMILES string of the molecule is C#CCN(CC(=O)O)c1ccc(Cl)cc1. The Kier molecular flexibility index (Phi) is 4.02. The Morgan fingerprint density at radius 2 is 2.07 bits per heavy atom. The highest BCUT2D eigenvalue weighted by Crippen LogP contribution is 2.17. The maximum Gasteiger partial charge on any atom is 0.323 e. The van der Waals surface area contributed by atoms with Crippen LogP contribution in [0.2, 0.25) is 5.02 Å². The molecule has 3 nitrogen and oxygen atoms in total. The zero-order valence-electron chi connectivity index (χ0n) is 7.98. The largest absolute Gasteiger partial charge is 0.480 e. The van der Waals surface area contributed by atoms with Gasteiger partial charge in [-0.1, -0.05) is 17.5 Å². The van der Waals surface area contributed by atoms with Crippen molar-refractivity contribution in [3.05, 3.63) is 29.3 Å². The molecule has 1 rings (SSSR count). The number of carboxylic acid groups (broad SMARTS) is 1. The Bertz CT molecular complexity index is 381. The Hall–Kier alpha value is -1.66. The molecule has 0 spiro atoms. The van der Waals surface area contributed by atoms with Gasteiger partial charge in [0, 0.05) is 10.7 Å². The van der Waals surface area contributed by atoms with E-state index in [1.807, 2.05) is 0 Å². The van der Waals surface area contributed by atoms with E-state index in [1.165, 1.54) is 0 Å². The standard InChI is InChI=1S/C11H10ClNO2/c1-2-7-13(8-11(14)15)10-5-3-9(12)4-6-10/h1,3-6H,7-8H2,(H,14,15). The molecule has 1 aromatic carbocycles. The molecule has 0 saturated heterocycles. The second-order valence-electron chi connectivity index (χ2n) is 2.93. The van der Waals surface area contributed by atoms with Gasteiger partial charge in [-0.2, -0.15) is 0 Å². The van der Waals surface area contributed by atoms with Gasteiger partial charge in [-0.05, 0) is 24.3 Å². The van der Waals surface area contributed by atoms with Crippen molar-refractivity contribution in [2.24, 2.45) is 0 Å². The predicted octanol–water partition coefficient (Wildman–Crippen LogP) is 1.86. The molecule has 0 aliphatic heterocycles. The Morgan fingerprint density at radius 1 is 1.47 bits per heavy atom. The maximum absolute atomic E-state index is 10.6. The lowest BCUT2D eigenvalue weighted by molar-refractivity contribution is -0.135. The smallest absolute Gasteiger partial charge is 0.323 e. The fourth-order valence-corrected chi connectivity index (χ4v) is 1.29. The van der Waals surface area contributed by atoms with E-state index in [-0.39, 0.29) is 13.1 Å². The lowest BCUT2D eigenvalue weighted by atomic mass is 10.3. The lowest BCUT2D eigenvalue weighted by Crippen LogP contribution is -2.29. The molecule has 0 aliphatic rings. The second-order valence-corrected chi connectivity index (χ2v) is 3.37. The number of halogens is 1. The predicted molar refractivity (Wildman–Crippen MR) is 60.1 cm³/mol. The summed E-state index contributed by atoms with van der Waals surface area (Å²) in [5, 5.41) is 9.30. The maximum atomic E-state index is 10.6. The molecule has 0 aromatic heterocycles. The number of rotatable bonds is 4. The normalized spacial score (nSPS) is 9.33. The average molecular weight is 224 g/mol. The fourth-order valence-electron chi connectivity index (χ4n) is 1.16. The van der Waals surface area contributed by atoms with Crippen molar-refractivity contribution >= 4 is 23.3 Å². The highest BCUT2D eigenvalue weighted by atomic mass is 35.5. The van der Waals surface area contributed by atoms with Crippen LogP contribution in [-0.4, -0.2) is 24.2 Å². The van der Waals surface area contributed by atoms with E-state index in [0.29, 0.717) is 5.02 Å². The van der Waals surface area contributed by atoms with Crippen molar-refractivity contribution in [1.82, 2.24) is 0 Å². The Balaban J connectivity index is 2.84. The first-order chi connectivity index (χ1) is 7.13. The molecule has 1 aromatic rings. The molecule has 0 atom stereocenters. The zero-order chi connectivity index (χ0) is 11.3. The number of hydrogen-bond donors (Lipinski definition) is 1. The van der Waals surface area contributed by atoms with E-state index in [9.17, 15) is 4.79 Å². The minimum Gasteiger partial charge on any atom is -0.480 e. The highest BCUT2D eigenvalue weighted by Gasteiger charge is 2.08. The molecule has 0 amide bonds. The van der Waals surface area contributed by atoms with E-state index in [4.69, 9.17) is 23.1 Å². The Labute approximate surface area is 93.3 Å². The van der Waals surface area contributed by atoms with E-state index in [0.717, 1.165) is 5.69 Å². The van der Waals surface area contributed by atoms with E-state index >= 15 is 0 Å². The average Bonchev–Trinajstić information content (AvgIpc) is 2.17. The summed E-state index contributed by atoms with van der Waals surface area (Å²) < 4.78 is 0. The highest BCUT2D eigenvalue weighted by molar-refractivity contribution is 6.30. The van der Waals surface area contributed by atoms with Gasteiger partial charge < -0.3 is 10.0 Å². The van der Waals surface area contributed by atoms with Gasteiger partial charge in [0.25, 0.3) is 0 Å². The summed E-state index contributed by atoms with van der Waals surface area (Å²) in [5.41, 5.74) is 0.750. The minimum atomic E-state index is -0.916. The van der Waals surface area contributed by atoms with E-state index in [1.54, 1.807) is 29.2 Å². The van der Waals surface area contributed by atoms with Crippen LogP contribution in [0, 0.1) is 12.3 Å². The molecule has 0 radical (unpaired) electrons. The van der Waals surface area contributed by atoms with Crippen LogP contribution in [0.15, 0.2) is 24.3 Å². The number of aliphatic carboxylic acids is 1. The van der Waals surface area contributed by atoms with Crippen molar-refractivity contribution in [3.63, 3.8) is 0 Å². The van der Waals surface area contributed by atoms with Crippen LogP contribution in [0.4, 0.5) is 5.69 Å². The molecule has 15 heavy (non-hydrogen) atoms. The summed E-state index contributed by atoms with van der Waals surface area (Å²) in [6.07, 6.45) is 5.16. The summed E-state index contributed by atoms with van der Waals surface area (Å²) in [6.45, 7) is 0.139.